The van der Waals surface area contributed by atoms with Crippen LogP contribution in [0.1, 0.15) is 6.92 Å². The van der Waals surface area contributed by atoms with Crippen molar-refractivity contribution in [2.75, 3.05) is 10.0 Å². The molecule has 2 aromatic carbocycles. The van der Waals surface area contributed by atoms with E-state index in [9.17, 15) is 17.6 Å². The van der Waals surface area contributed by atoms with Gasteiger partial charge in [-0.3, -0.25) is 9.52 Å². The lowest BCUT2D eigenvalue weighted by Crippen LogP contribution is -2.14. The van der Waals surface area contributed by atoms with Crippen molar-refractivity contribution < 1.29 is 17.6 Å². The Hall–Kier alpha value is -1.93. The molecule has 0 aliphatic heterocycles. The summed E-state index contributed by atoms with van der Waals surface area (Å²) in [4.78, 5) is 10.9. The molecule has 0 aromatic heterocycles. The van der Waals surface area contributed by atoms with E-state index >= 15 is 0 Å². The molecule has 0 fully saturated rings. The van der Waals surface area contributed by atoms with Crippen LogP contribution in [0.15, 0.2) is 51.8 Å². The lowest BCUT2D eigenvalue weighted by Gasteiger charge is -2.10. The SMILES string of the molecule is CC(=O)Nc1ccc(S(=O)(=O)Nc2ccc(Br)cc2F)cc1. The van der Waals surface area contributed by atoms with Gasteiger partial charge in [-0.25, -0.2) is 12.8 Å². The molecule has 0 saturated carbocycles. The van der Waals surface area contributed by atoms with Crippen LogP contribution in [0, 0.1) is 5.82 Å². The standard InChI is InChI=1S/C14H12BrFN2O3S/c1-9(19)17-11-3-5-12(6-4-11)22(20,21)18-14-7-2-10(15)8-13(14)16/h2-8,18H,1H3,(H,17,19). The number of nitrogens with one attached hydrogen (secondary N) is 2. The summed E-state index contributed by atoms with van der Waals surface area (Å²) in [5.41, 5.74) is 0.329. The zero-order valence-electron chi connectivity index (χ0n) is 11.4. The smallest absolute Gasteiger partial charge is 0.261 e. The van der Waals surface area contributed by atoms with Crippen molar-refractivity contribution >= 4 is 43.2 Å². The molecule has 0 bridgehead atoms. The topological polar surface area (TPSA) is 75.3 Å². The molecule has 0 heterocycles. The molecule has 0 saturated heterocycles. The maximum absolute atomic E-state index is 13.7. The third-order valence-electron chi connectivity index (χ3n) is 2.66. The van der Waals surface area contributed by atoms with Gasteiger partial charge in [-0.15, -0.1) is 0 Å². The number of anilines is 2. The van der Waals surface area contributed by atoms with Crippen LogP contribution < -0.4 is 10.0 Å². The number of carbonyl (C=O) groups excluding carboxylic acids is 1. The first-order valence-electron chi connectivity index (χ1n) is 6.13. The Morgan fingerprint density at radius 3 is 2.32 bits per heavy atom. The second-order valence-corrected chi connectivity index (χ2v) is 7.03. The van der Waals surface area contributed by atoms with Crippen LogP contribution >= 0.6 is 15.9 Å². The lowest BCUT2D eigenvalue weighted by molar-refractivity contribution is -0.114. The molecule has 5 nitrogen and oxygen atoms in total. The van der Waals surface area contributed by atoms with Gasteiger partial charge in [0.1, 0.15) is 5.82 Å². The number of hydrogen-bond donors (Lipinski definition) is 2. The van der Waals surface area contributed by atoms with Gasteiger partial charge in [0.2, 0.25) is 5.91 Å². The highest BCUT2D eigenvalue weighted by molar-refractivity contribution is 9.10. The molecule has 22 heavy (non-hydrogen) atoms. The highest BCUT2D eigenvalue weighted by Gasteiger charge is 2.16. The fourth-order valence-corrected chi connectivity index (χ4v) is 3.10. The molecule has 0 radical (unpaired) electrons. The van der Waals surface area contributed by atoms with Crippen LogP contribution in [0.5, 0.6) is 0 Å². The van der Waals surface area contributed by atoms with Crippen molar-refractivity contribution in [1.82, 2.24) is 0 Å². The van der Waals surface area contributed by atoms with Crippen LogP contribution in [0.4, 0.5) is 15.8 Å². The lowest BCUT2D eigenvalue weighted by atomic mass is 10.3. The molecular weight excluding hydrogens is 375 g/mol. The van der Waals surface area contributed by atoms with Crippen molar-refractivity contribution in [2.45, 2.75) is 11.8 Å². The Labute approximate surface area is 135 Å². The van der Waals surface area contributed by atoms with Gasteiger partial charge in [0, 0.05) is 17.1 Å². The summed E-state index contributed by atoms with van der Waals surface area (Å²) in [6.07, 6.45) is 0. The van der Waals surface area contributed by atoms with E-state index in [4.69, 9.17) is 0 Å². The number of hydrogen-bond acceptors (Lipinski definition) is 3. The second kappa shape index (κ2) is 6.45. The molecule has 0 atom stereocenters. The zero-order chi connectivity index (χ0) is 16.3. The average Bonchev–Trinajstić information content (AvgIpc) is 2.42. The normalized spacial score (nSPS) is 11.0. The molecule has 0 spiro atoms. The summed E-state index contributed by atoms with van der Waals surface area (Å²) >= 11 is 3.10. The average molecular weight is 387 g/mol. The van der Waals surface area contributed by atoms with Crippen LogP contribution in [0.3, 0.4) is 0 Å². The number of sulfonamides is 1. The van der Waals surface area contributed by atoms with E-state index in [1.807, 2.05) is 0 Å². The third kappa shape index (κ3) is 4.05. The van der Waals surface area contributed by atoms with E-state index in [-0.39, 0.29) is 16.5 Å². The first-order chi connectivity index (χ1) is 10.3. The summed E-state index contributed by atoms with van der Waals surface area (Å²) in [6.45, 7) is 1.35. The van der Waals surface area contributed by atoms with Gasteiger partial charge >= 0.3 is 0 Å². The Balaban J connectivity index is 2.24. The molecule has 2 N–H and O–H groups in total. The summed E-state index contributed by atoms with van der Waals surface area (Å²) in [7, 11) is -3.91. The summed E-state index contributed by atoms with van der Waals surface area (Å²) in [6, 6.07) is 9.57. The summed E-state index contributed by atoms with van der Waals surface area (Å²) in [5, 5.41) is 2.53. The number of benzene rings is 2. The van der Waals surface area contributed by atoms with E-state index in [0.29, 0.717) is 10.2 Å². The van der Waals surface area contributed by atoms with Crippen molar-refractivity contribution in [3.05, 3.63) is 52.8 Å². The fraction of sp³-hybridized carbons (Fsp3) is 0.0714. The fourth-order valence-electron chi connectivity index (χ4n) is 1.70. The molecule has 116 valence electrons. The number of carbonyl (C=O) groups is 1. The maximum atomic E-state index is 13.7. The minimum absolute atomic E-state index is 0.0380. The zero-order valence-corrected chi connectivity index (χ0v) is 13.8. The number of amides is 1. The van der Waals surface area contributed by atoms with E-state index in [2.05, 4.69) is 26.0 Å². The van der Waals surface area contributed by atoms with Crippen LogP contribution in [-0.4, -0.2) is 14.3 Å². The van der Waals surface area contributed by atoms with Gasteiger partial charge in [0.15, 0.2) is 0 Å². The number of halogens is 2. The molecule has 8 heteroatoms. The molecule has 0 unspecified atom stereocenters. The third-order valence-corrected chi connectivity index (χ3v) is 4.54. The Kier molecular flexibility index (Phi) is 4.82. The van der Waals surface area contributed by atoms with E-state index in [1.54, 1.807) is 0 Å². The maximum Gasteiger partial charge on any atom is 0.261 e. The predicted octanol–water partition coefficient (Wildman–Crippen LogP) is 3.35. The molecular formula is C14H12BrFN2O3S. The van der Waals surface area contributed by atoms with Gasteiger partial charge < -0.3 is 5.32 Å². The van der Waals surface area contributed by atoms with Gasteiger partial charge in [0.25, 0.3) is 10.0 Å². The van der Waals surface area contributed by atoms with E-state index < -0.39 is 15.8 Å². The second-order valence-electron chi connectivity index (χ2n) is 4.44. The van der Waals surface area contributed by atoms with Crippen molar-refractivity contribution in [1.29, 1.82) is 0 Å². The molecule has 0 aliphatic rings. The Morgan fingerprint density at radius 1 is 1.14 bits per heavy atom. The predicted molar refractivity (Wildman–Crippen MR) is 85.7 cm³/mol. The molecule has 1 amide bonds. The van der Waals surface area contributed by atoms with Crippen LogP contribution in [0.2, 0.25) is 0 Å². The Bertz CT molecular complexity index is 807. The van der Waals surface area contributed by atoms with Crippen LogP contribution in [-0.2, 0) is 14.8 Å². The van der Waals surface area contributed by atoms with Gasteiger partial charge in [-0.05, 0) is 42.5 Å². The first kappa shape index (κ1) is 16.4. The van der Waals surface area contributed by atoms with Crippen LogP contribution in [0.25, 0.3) is 0 Å². The highest BCUT2D eigenvalue weighted by Crippen LogP contribution is 2.23. The van der Waals surface area contributed by atoms with Gasteiger partial charge in [0.05, 0.1) is 10.6 Å². The quantitative estimate of drug-likeness (QED) is 0.845. The highest BCUT2D eigenvalue weighted by atomic mass is 79.9. The molecule has 0 aliphatic carbocycles. The number of rotatable bonds is 4. The van der Waals surface area contributed by atoms with E-state index in [1.165, 1.54) is 43.3 Å². The van der Waals surface area contributed by atoms with Gasteiger partial charge in [-0.2, -0.15) is 0 Å². The largest absolute Gasteiger partial charge is 0.326 e. The Morgan fingerprint density at radius 2 is 1.77 bits per heavy atom. The van der Waals surface area contributed by atoms with E-state index in [0.717, 1.165) is 6.07 Å². The van der Waals surface area contributed by atoms with Gasteiger partial charge in [-0.1, -0.05) is 15.9 Å². The van der Waals surface area contributed by atoms with Crippen molar-refractivity contribution in [2.24, 2.45) is 0 Å². The first-order valence-corrected chi connectivity index (χ1v) is 8.41. The summed E-state index contributed by atoms with van der Waals surface area (Å²) < 4.78 is 40.8. The minimum Gasteiger partial charge on any atom is -0.326 e. The van der Waals surface area contributed by atoms with Crippen molar-refractivity contribution in [3.8, 4) is 0 Å². The van der Waals surface area contributed by atoms with Crippen molar-refractivity contribution in [3.63, 3.8) is 0 Å². The molecule has 2 aromatic rings. The summed E-state index contributed by atoms with van der Waals surface area (Å²) in [5.74, 6) is -0.946. The monoisotopic (exact) mass is 386 g/mol. The minimum atomic E-state index is -3.91. The molecule has 2 rings (SSSR count).